The van der Waals surface area contributed by atoms with E-state index in [-0.39, 0.29) is 22.3 Å². The zero-order valence-electron chi connectivity index (χ0n) is 16.1. The lowest BCUT2D eigenvalue weighted by atomic mass is 10.2. The highest BCUT2D eigenvalue weighted by atomic mass is 35.5. The number of benzene rings is 2. The zero-order valence-corrected chi connectivity index (χ0v) is 17.6. The lowest BCUT2D eigenvalue weighted by Crippen LogP contribution is -2.14. The molecule has 0 bridgehead atoms. The summed E-state index contributed by atoms with van der Waals surface area (Å²) in [5.74, 6) is -0.0520. The summed E-state index contributed by atoms with van der Waals surface area (Å²) in [6, 6.07) is 15.7. The molecule has 2 heterocycles. The Morgan fingerprint density at radius 1 is 1.09 bits per heavy atom. The van der Waals surface area contributed by atoms with Crippen molar-refractivity contribution in [2.45, 2.75) is 0 Å². The van der Waals surface area contributed by atoms with Gasteiger partial charge in [0.25, 0.3) is 11.6 Å². The van der Waals surface area contributed by atoms with Crippen molar-refractivity contribution in [1.82, 2.24) is 14.8 Å². The quantitative estimate of drug-likeness (QED) is 0.293. The molecule has 4 aromatic rings. The van der Waals surface area contributed by atoms with Gasteiger partial charge in [-0.15, -0.1) is 0 Å². The van der Waals surface area contributed by atoms with Crippen molar-refractivity contribution < 1.29 is 14.5 Å². The van der Waals surface area contributed by atoms with Gasteiger partial charge in [0, 0.05) is 24.5 Å². The molecule has 9 nitrogen and oxygen atoms in total. The van der Waals surface area contributed by atoms with Crippen LogP contribution in [-0.4, -0.2) is 25.6 Å². The predicted molar refractivity (Wildman–Crippen MR) is 119 cm³/mol. The Labute approximate surface area is 191 Å². The summed E-state index contributed by atoms with van der Waals surface area (Å²) in [5, 5.41) is 18.5. The van der Waals surface area contributed by atoms with Crippen LogP contribution in [0.15, 0.2) is 73.1 Å². The molecule has 0 saturated heterocycles. The Kier molecular flexibility index (Phi) is 6.02. The van der Waals surface area contributed by atoms with Gasteiger partial charge in [-0.3, -0.25) is 14.9 Å². The molecular formula is C21H13Cl2N5O4. The fourth-order valence-corrected chi connectivity index (χ4v) is 3.18. The fraction of sp³-hybridized carbons (Fsp3) is 0. The molecule has 0 spiro atoms. The van der Waals surface area contributed by atoms with Gasteiger partial charge in [0.05, 0.1) is 21.3 Å². The molecular weight excluding hydrogens is 457 g/mol. The summed E-state index contributed by atoms with van der Waals surface area (Å²) in [5.41, 5.74) is 0.846. The summed E-state index contributed by atoms with van der Waals surface area (Å²) in [7, 11) is 0. The molecule has 160 valence electrons. The van der Waals surface area contributed by atoms with Crippen LogP contribution in [0.25, 0.3) is 5.69 Å². The van der Waals surface area contributed by atoms with Gasteiger partial charge in [-0.05, 0) is 30.3 Å². The van der Waals surface area contributed by atoms with Crippen molar-refractivity contribution in [3.63, 3.8) is 0 Å². The number of halogens is 2. The Balaban J connectivity index is 1.54. The lowest BCUT2D eigenvalue weighted by Gasteiger charge is -2.12. The van der Waals surface area contributed by atoms with E-state index in [1.165, 1.54) is 41.3 Å². The largest absolute Gasteiger partial charge is 0.435 e. The van der Waals surface area contributed by atoms with E-state index in [9.17, 15) is 14.9 Å². The van der Waals surface area contributed by atoms with Crippen LogP contribution in [0.1, 0.15) is 10.5 Å². The maximum absolute atomic E-state index is 12.7. The van der Waals surface area contributed by atoms with Gasteiger partial charge in [0.2, 0.25) is 5.88 Å². The molecule has 0 fully saturated rings. The molecule has 0 aliphatic carbocycles. The second kappa shape index (κ2) is 9.04. The second-order valence-corrected chi connectivity index (χ2v) is 7.26. The third-order valence-corrected chi connectivity index (χ3v) is 4.72. The molecule has 0 aliphatic heterocycles. The topological polar surface area (TPSA) is 112 Å². The number of hydrogen-bond acceptors (Lipinski definition) is 6. The number of hydrogen-bond donors (Lipinski definition) is 1. The first-order valence-corrected chi connectivity index (χ1v) is 9.86. The molecule has 0 saturated carbocycles. The number of rotatable bonds is 6. The Morgan fingerprint density at radius 2 is 1.91 bits per heavy atom. The molecule has 0 atom stereocenters. The number of aromatic nitrogens is 3. The number of anilines is 1. The van der Waals surface area contributed by atoms with Crippen LogP contribution >= 0.6 is 23.2 Å². The number of non-ortho nitro benzene ring substituents is 1. The average Bonchev–Trinajstić information content (AvgIpc) is 3.27. The maximum Gasteiger partial charge on any atom is 0.276 e. The van der Waals surface area contributed by atoms with E-state index in [2.05, 4.69) is 15.4 Å². The molecule has 2 aromatic heterocycles. The van der Waals surface area contributed by atoms with Gasteiger partial charge in [-0.1, -0.05) is 41.4 Å². The number of amides is 1. The lowest BCUT2D eigenvalue weighted by molar-refractivity contribution is -0.384. The van der Waals surface area contributed by atoms with E-state index in [1.54, 1.807) is 36.4 Å². The van der Waals surface area contributed by atoms with Crippen LogP contribution in [-0.2, 0) is 0 Å². The third kappa shape index (κ3) is 4.69. The standard InChI is InChI=1S/C21H13Cl2N5O4/c22-13-10-16(23)21(24-12-13)32-19-7-2-1-6-17(19)25-20(29)18-8-9-27(26-18)14-4-3-5-15(11-14)28(30)31/h1-12H,(H,25,29). The molecule has 2 aromatic carbocycles. The Hall–Kier alpha value is -3.95. The highest BCUT2D eigenvalue weighted by molar-refractivity contribution is 6.35. The van der Waals surface area contributed by atoms with Crippen molar-refractivity contribution in [3.8, 4) is 17.3 Å². The predicted octanol–water partition coefficient (Wildman–Crippen LogP) is 5.53. The normalized spacial score (nSPS) is 10.6. The van der Waals surface area contributed by atoms with E-state index >= 15 is 0 Å². The van der Waals surface area contributed by atoms with E-state index < -0.39 is 10.8 Å². The highest BCUT2D eigenvalue weighted by Gasteiger charge is 2.16. The minimum absolute atomic E-state index is 0.0791. The van der Waals surface area contributed by atoms with E-state index in [0.29, 0.717) is 22.1 Å². The van der Waals surface area contributed by atoms with E-state index in [0.717, 1.165) is 0 Å². The summed E-state index contributed by atoms with van der Waals surface area (Å²) in [4.78, 5) is 27.3. The number of nitrogens with one attached hydrogen (secondary N) is 1. The first kappa shape index (κ1) is 21.3. The summed E-state index contributed by atoms with van der Waals surface area (Å²) in [6.07, 6.45) is 2.93. The molecule has 0 unspecified atom stereocenters. The Bertz CT molecular complexity index is 1330. The number of ether oxygens (including phenoxy) is 1. The van der Waals surface area contributed by atoms with Gasteiger partial charge in [0.1, 0.15) is 5.02 Å². The van der Waals surface area contributed by atoms with Crippen LogP contribution in [0, 0.1) is 10.1 Å². The van der Waals surface area contributed by atoms with Crippen LogP contribution in [0.2, 0.25) is 10.0 Å². The van der Waals surface area contributed by atoms with Gasteiger partial charge < -0.3 is 10.1 Å². The van der Waals surface area contributed by atoms with Gasteiger partial charge in [0.15, 0.2) is 11.4 Å². The molecule has 1 amide bonds. The number of para-hydroxylation sites is 2. The molecule has 11 heteroatoms. The first-order valence-electron chi connectivity index (χ1n) is 9.10. The Morgan fingerprint density at radius 3 is 2.69 bits per heavy atom. The number of nitro benzene ring substituents is 1. The number of nitro groups is 1. The smallest absolute Gasteiger partial charge is 0.276 e. The van der Waals surface area contributed by atoms with Gasteiger partial charge in [-0.2, -0.15) is 5.10 Å². The summed E-state index contributed by atoms with van der Waals surface area (Å²) < 4.78 is 7.11. The number of carbonyl (C=O) groups is 1. The monoisotopic (exact) mass is 469 g/mol. The van der Waals surface area contributed by atoms with Crippen LogP contribution in [0.5, 0.6) is 11.6 Å². The molecule has 0 radical (unpaired) electrons. The van der Waals surface area contributed by atoms with Crippen molar-refractivity contribution >= 4 is 40.5 Å². The summed E-state index contributed by atoms with van der Waals surface area (Å²) >= 11 is 12.0. The molecule has 4 rings (SSSR count). The molecule has 0 aliphatic rings. The number of pyridine rings is 1. The first-order chi connectivity index (χ1) is 15.4. The number of carbonyl (C=O) groups excluding carboxylic acids is 1. The van der Waals surface area contributed by atoms with Crippen molar-refractivity contribution in [3.05, 3.63) is 98.9 Å². The van der Waals surface area contributed by atoms with E-state index in [1.807, 2.05) is 0 Å². The van der Waals surface area contributed by atoms with Crippen LogP contribution in [0.4, 0.5) is 11.4 Å². The SMILES string of the molecule is O=C(Nc1ccccc1Oc1ncc(Cl)cc1Cl)c1ccn(-c2cccc([N+](=O)[O-])c2)n1. The van der Waals surface area contributed by atoms with Crippen molar-refractivity contribution in [2.75, 3.05) is 5.32 Å². The van der Waals surface area contributed by atoms with E-state index in [4.69, 9.17) is 27.9 Å². The highest BCUT2D eigenvalue weighted by Crippen LogP contribution is 2.33. The zero-order chi connectivity index (χ0) is 22.7. The van der Waals surface area contributed by atoms with Crippen LogP contribution < -0.4 is 10.1 Å². The van der Waals surface area contributed by atoms with Gasteiger partial charge >= 0.3 is 0 Å². The molecule has 32 heavy (non-hydrogen) atoms. The minimum atomic E-state index is -0.501. The van der Waals surface area contributed by atoms with Crippen molar-refractivity contribution in [2.24, 2.45) is 0 Å². The summed E-state index contributed by atoms with van der Waals surface area (Å²) in [6.45, 7) is 0. The molecule has 1 N–H and O–H groups in total. The second-order valence-electron chi connectivity index (χ2n) is 6.42. The number of nitrogens with zero attached hydrogens (tertiary/aromatic N) is 4. The van der Waals surface area contributed by atoms with Gasteiger partial charge in [-0.25, -0.2) is 9.67 Å². The van der Waals surface area contributed by atoms with Crippen LogP contribution in [0.3, 0.4) is 0 Å². The maximum atomic E-state index is 12.7. The average molecular weight is 470 g/mol. The van der Waals surface area contributed by atoms with Crippen molar-refractivity contribution in [1.29, 1.82) is 0 Å². The minimum Gasteiger partial charge on any atom is -0.435 e. The third-order valence-electron chi connectivity index (χ3n) is 4.24. The fourth-order valence-electron chi connectivity index (χ4n) is 2.76.